The summed E-state index contributed by atoms with van der Waals surface area (Å²) in [5, 5.41) is 3.05. The maximum Gasteiger partial charge on any atom is 0.237 e. The third kappa shape index (κ3) is 4.44. The van der Waals surface area contributed by atoms with Crippen molar-refractivity contribution in [1.29, 1.82) is 0 Å². The Morgan fingerprint density at radius 1 is 1.37 bits per heavy atom. The Hall–Kier alpha value is -1.20. The van der Waals surface area contributed by atoms with Crippen LogP contribution >= 0.6 is 11.8 Å². The van der Waals surface area contributed by atoms with Gasteiger partial charge in [-0.25, -0.2) is 0 Å². The molecule has 0 saturated carbocycles. The van der Waals surface area contributed by atoms with Crippen LogP contribution in [0.15, 0.2) is 24.3 Å². The van der Waals surface area contributed by atoms with E-state index in [9.17, 15) is 4.79 Å². The Balaban J connectivity index is 1.86. The van der Waals surface area contributed by atoms with Gasteiger partial charge >= 0.3 is 0 Å². The van der Waals surface area contributed by atoms with E-state index in [-0.39, 0.29) is 11.2 Å². The predicted octanol–water partition coefficient (Wildman–Crippen LogP) is 2.25. The summed E-state index contributed by atoms with van der Waals surface area (Å²) in [6, 6.07) is 7.41. The van der Waals surface area contributed by atoms with Crippen LogP contribution in [-0.4, -0.2) is 30.1 Å². The van der Waals surface area contributed by atoms with Gasteiger partial charge < -0.3 is 15.8 Å². The highest BCUT2D eigenvalue weighted by atomic mass is 32.2. The molecule has 0 aromatic heterocycles. The standard InChI is InChI=1S/C14H20N2O2S/c15-8-9-18-12-6-4-11(5-7-12)16-14(17)13-3-1-2-10-19-13/h4-7,13H,1-3,8-10,15H2,(H,16,17). The first-order valence-corrected chi connectivity index (χ1v) is 7.70. The van der Waals surface area contributed by atoms with Crippen molar-refractivity contribution in [3.05, 3.63) is 24.3 Å². The monoisotopic (exact) mass is 280 g/mol. The summed E-state index contributed by atoms with van der Waals surface area (Å²) in [5.41, 5.74) is 6.19. The molecule has 4 nitrogen and oxygen atoms in total. The lowest BCUT2D eigenvalue weighted by molar-refractivity contribution is -0.115. The van der Waals surface area contributed by atoms with Gasteiger partial charge in [0.1, 0.15) is 12.4 Å². The van der Waals surface area contributed by atoms with Gasteiger partial charge in [-0.05, 0) is 42.9 Å². The molecule has 3 N–H and O–H groups in total. The molecular formula is C14H20N2O2S. The molecule has 1 aromatic rings. The van der Waals surface area contributed by atoms with E-state index in [2.05, 4.69) is 5.32 Å². The zero-order valence-corrected chi connectivity index (χ0v) is 11.7. The number of carbonyl (C=O) groups excluding carboxylic acids is 1. The minimum absolute atomic E-state index is 0.0990. The molecule has 0 aliphatic carbocycles. The minimum atomic E-state index is 0.0990. The Morgan fingerprint density at radius 2 is 2.16 bits per heavy atom. The number of hydrogen-bond acceptors (Lipinski definition) is 4. The van der Waals surface area contributed by atoms with Crippen LogP contribution in [0.25, 0.3) is 0 Å². The highest BCUT2D eigenvalue weighted by Crippen LogP contribution is 2.26. The smallest absolute Gasteiger partial charge is 0.237 e. The van der Waals surface area contributed by atoms with Gasteiger partial charge in [0.25, 0.3) is 0 Å². The zero-order valence-electron chi connectivity index (χ0n) is 10.9. The van der Waals surface area contributed by atoms with Gasteiger partial charge in [0.2, 0.25) is 5.91 Å². The summed E-state index contributed by atoms with van der Waals surface area (Å²) in [6.45, 7) is 1.00. The molecule has 1 aliphatic heterocycles. The fourth-order valence-corrected chi connectivity index (χ4v) is 3.18. The Morgan fingerprint density at radius 3 is 2.79 bits per heavy atom. The summed E-state index contributed by atoms with van der Waals surface area (Å²) in [6.07, 6.45) is 3.35. The highest BCUT2D eigenvalue weighted by Gasteiger charge is 2.21. The topological polar surface area (TPSA) is 64.3 Å². The van der Waals surface area contributed by atoms with Crippen LogP contribution in [0.2, 0.25) is 0 Å². The number of hydrogen-bond donors (Lipinski definition) is 2. The van der Waals surface area contributed by atoms with Crippen LogP contribution in [0.1, 0.15) is 19.3 Å². The Labute approximate surface area is 118 Å². The van der Waals surface area contributed by atoms with Gasteiger partial charge in [-0.2, -0.15) is 0 Å². The highest BCUT2D eigenvalue weighted by molar-refractivity contribution is 8.00. The van der Waals surface area contributed by atoms with Crippen LogP contribution in [0.3, 0.4) is 0 Å². The van der Waals surface area contributed by atoms with Crippen molar-refractivity contribution >= 4 is 23.4 Å². The molecular weight excluding hydrogens is 260 g/mol. The largest absolute Gasteiger partial charge is 0.492 e. The fraction of sp³-hybridized carbons (Fsp3) is 0.500. The molecule has 1 atom stereocenters. The maximum atomic E-state index is 12.0. The lowest BCUT2D eigenvalue weighted by Crippen LogP contribution is -2.27. The predicted molar refractivity (Wildman–Crippen MR) is 79.7 cm³/mol. The summed E-state index contributed by atoms with van der Waals surface area (Å²) in [5.74, 6) is 1.97. The van der Waals surface area contributed by atoms with Crippen molar-refractivity contribution in [1.82, 2.24) is 0 Å². The first kappa shape index (κ1) is 14.2. The average Bonchev–Trinajstić information content (AvgIpc) is 2.47. The van der Waals surface area contributed by atoms with Crippen molar-refractivity contribution in [2.75, 3.05) is 24.2 Å². The third-order valence-corrected chi connectivity index (χ3v) is 4.36. The van der Waals surface area contributed by atoms with Crippen molar-refractivity contribution in [3.63, 3.8) is 0 Å². The van der Waals surface area contributed by atoms with Crippen LogP contribution in [0.4, 0.5) is 5.69 Å². The summed E-state index contributed by atoms with van der Waals surface area (Å²) in [7, 11) is 0. The minimum Gasteiger partial charge on any atom is -0.492 e. The SMILES string of the molecule is NCCOc1ccc(NC(=O)C2CCCCS2)cc1. The van der Waals surface area contributed by atoms with Crippen molar-refractivity contribution in [2.24, 2.45) is 5.73 Å². The van der Waals surface area contributed by atoms with Crippen molar-refractivity contribution < 1.29 is 9.53 Å². The van der Waals surface area contributed by atoms with E-state index in [4.69, 9.17) is 10.5 Å². The van der Waals surface area contributed by atoms with Crippen LogP contribution < -0.4 is 15.8 Å². The summed E-state index contributed by atoms with van der Waals surface area (Å²) < 4.78 is 5.39. The summed E-state index contributed by atoms with van der Waals surface area (Å²) in [4.78, 5) is 12.0. The normalized spacial score (nSPS) is 18.9. The van der Waals surface area contributed by atoms with E-state index in [1.165, 1.54) is 6.42 Å². The number of amides is 1. The maximum absolute atomic E-state index is 12.0. The number of benzene rings is 1. The van der Waals surface area contributed by atoms with Gasteiger partial charge in [0.15, 0.2) is 0 Å². The van der Waals surface area contributed by atoms with E-state index in [1.807, 2.05) is 24.3 Å². The number of nitrogens with two attached hydrogens (primary N) is 1. The molecule has 19 heavy (non-hydrogen) atoms. The molecule has 0 spiro atoms. The molecule has 1 heterocycles. The van der Waals surface area contributed by atoms with Crippen LogP contribution in [0, 0.1) is 0 Å². The third-order valence-electron chi connectivity index (χ3n) is 2.98. The first-order valence-electron chi connectivity index (χ1n) is 6.65. The number of rotatable bonds is 5. The molecule has 104 valence electrons. The van der Waals surface area contributed by atoms with Gasteiger partial charge in [0.05, 0.1) is 5.25 Å². The van der Waals surface area contributed by atoms with Crippen LogP contribution in [-0.2, 0) is 4.79 Å². The van der Waals surface area contributed by atoms with Gasteiger partial charge in [0, 0.05) is 12.2 Å². The number of nitrogens with one attached hydrogen (secondary N) is 1. The Bertz CT molecular complexity index is 402. The molecule has 1 unspecified atom stereocenters. The number of ether oxygens (including phenoxy) is 1. The number of anilines is 1. The number of thioether (sulfide) groups is 1. The fourth-order valence-electron chi connectivity index (χ4n) is 1.98. The number of carbonyl (C=O) groups is 1. The molecule has 1 amide bonds. The molecule has 0 radical (unpaired) electrons. The average molecular weight is 280 g/mol. The van der Waals surface area contributed by atoms with E-state index in [0.29, 0.717) is 13.2 Å². The second-order valence-electron chi connectivity index (χ2n) is 4.51. The molecule has 1 aromatic carbocycles. The first-order chi connectivity index (χ1) is 9.29. The van der Waals surface area contributed by atoms with Gasteiger partial charge in [-0.1, -0.05) is 6.42 Å². The molecule has 1 saturated heterocycles. The van der Waals surface area contributed by atoms with Crippen molar-refractivity contribution in [3.8, 4) is 5.75 Å². The van der Waals surface area contributed by atoms with E-state index >= 15 is 0 Å². The summed E-state index contributed by atoms with van der Waals surface area (Å²) >= 11 is 1.75. The van der Waals surface area contributed by atoms with E-state index in [0.717, 1.165) is 30.0 Å². The van der Waals surface area contributed by atoms with Gasteiger partial charge in [-0.3, -0.25) is 4.79 Å². The molecule has 5 heteroatoms. The zero-order chi connectivity index (χ0) is 13.5. The molecule has 1 aliphatic rings. The Kier molecular flexibility index (Phi) is 5.54. The second-order valence-corrected chi connectivity index (χ2v) is 5.82. The van der Waals surface area contributed by atoms with E-state index < -0.39 is 0 Å². The van der Waals surface area contributed by atoms with Crippen LogP contribution in [0.5, 0.6) is 5.75 Å². The van der Waals surface area contributed by atoms with Gasteiger partial charge in [-0.15, -0.1) is 11.8 Å². The second kappa shape index (κ2) is 7.40. The molecule has 2 rings (SSSR count). The molecule has 1 fully saturated rings. The lowest BCUT2D eigenvalue weighted by atomic mass is 10.2. The lowest BCUT2D eigenvalue weighted by Gasteiger charge is -2.20. The molecule has 0 bridgehead atoms. The van der Waals surface area contributed by atoms with E-state index in [1.54, 1.807) is 11.8 Å². The van der Waals surface area contributed by atoms with Crippen molar-refractivity contribution in [2.45, 2.75) is 24.5 Å². The quantitative estimate of drug-likeness (QED) is 0.868.